The highest BCUT2D eigenvalue weighted by Gasteiger charge is 2.19. The highest BCUT2D eigenvalue weighted by molar-refractivity contribution is 5.98. The van der Waals surface area contributed by atoms with Gasteiger partial charge in [-0.2, -0.15) is 0 Å². The van der Waals surface area contributed by atoms with Crippen LogP contribution in [0.15, 0.2) is 18.2 Å². The van der Waals surface area contributed by atoms with Gasteiger partial charge in [0.25, 0.3) is 0 Å². The van der Waals surface area contributed by atoms with Gasteiger partial charge in [-0.3, -0.25) is 4.79 Å². The van der Waals surface area contributed by atoms with Crippen LogP contribution in [-0.4, -0.2) is 12.4 Å². The van der Waals surface area contributed by atoms with Gasteiger partial charge in [0.2, 0.25) is 0 Å². The first kappa shape index (κ1) is 10.8. The zero-order chi connectivity index (χ0) is 11.7. The Bertz CT molecular complexity index is 433. The first-order valence-corrected chi connectivity index (χ1v) is 6.62. The maximum Gasteiger partial charge on any atom is 0.163 e. The van der Waals surface area contributed by atoms with E-state index in [2.05, 4.69) is 6.07 Å². The third kappa shape index (κ3) is 2.21. The van der Waals surface area contributed by atoms with Crippen LogP contribution in [0.5, 0.6) is 5.75 Å². The number of hydrogen-bond acceptors (Lipinski definition) is 2. The Hall–Kier alpha value is -1.31. The minimum Gasteiger partial charge on any atom is -0.493 e. The molecule has 90 valence electrons. The second-order valence-electron chi connectivity index (χ2n) is 5.20. The average molecular weight is 230 g/mol. The largest absolute Gasteiger partial charge is 0.493 e. The average Bonchev–Trinajstić information content (AvgIpc) is 2.27. The number of fused-ring (bicyclic) bond motifs is 1. The molecule has 0 spiro atoms. The molecular weight excluding hydrogens is 212 g/mol. The van der Waals surface area contributed by atoms with Gasteiger partial charge >= 0.3 is 0 Å². The van der Waals surface area contributed by atoms with Crippen LogP contribution in [0.25, 0.3) is 0 Å². The fourth-order valence-corrected chi connectivity index (χ4v) is 2.59. The molecule has 0 bridgehead atoms. The van der Waals surface area contributed by atoms with E-state index in [1.165, 1.54) is 24.8 Å². The Labute approximate surface area is 102 Å². The van der Waals surface area contributed by atoms with E-state index >= 15 is 0 Å². The summed E-state index contributed by atoms with van der Waals surface area (Å²) in [5, 5.41) is 0. The molecule has 0 aromatic heterocycles. The first-order chi connectivity index (χ1) is 8.33. The van der Waals surface area contributed by atoms with Crippen molar-refractivity contribution < 1.29 is 9.53 Å². The molecule has 0 aliphatic heterocycles. The number of rotatable bonds is 3. The lowest BCUT2D eigenvalue weighted by molar-refractivity contribution is 0.0972. The van der Waals surface area contributed by atoms with Crippen molar-refractivity contribution in [1.29, 1.82) is 0 Å². The molecule has 1 saturated carbocycles. The summed E-state index contributed by atoms with van der Waals surface area (Å²) in [7, 11) is 0. The SMILES string of the molecule is O=C1CCCc2cc(OCC3CCC3)ccc21. The third-order valence-corrected chi connectivity index (χ3v) is 3.94. The topological polar surface area (TPSA) is 26.3 Å². The molecule has 2 nitrogen and oxygen atoms in total. The normalized spacial score (nSPS) is 19.6. The van der Waals surface area contributed by atoms with Crippen molar-refractivity contribution in [3.05, 3.63) is 29.3 Å². The van der Waals surface area contributed by atoms with Crippen molar-refractivity contribution in [2.24, 2.45) is 5.92 Å². The maximum absolute atomic E-state index is 11.7. The standard InChI is InChI=1S/C15H18O2/c16-15-6-2-5-12-9-13(7-8-14(12)15)17-10-11-3-1-4-11/h7-9,11H,1-6,10H2. The van der Waals surface area contributed by atoms with E-state index in [9.17, 15) is 4.79 Å². The zero-order valence-corrected chi connectivity index (χ0v) is 10.1. The first-order valence-electron chi connectivity index (χ1n) is 6.62. The number of aryl methyl sites for hydroxylation is 1. The molecule has 0 heterocycles. The van der Waals surface area contributed by atoms with Crippen molar-refractivity contribution in [2.75, 3.05) is 6.61 Å². The minimum absolute atomic E-state index is 0.289. The van der Waals surface area contributed by atoms with Crippen LogP contribution in [0.1, 0.15) is 48.0 Å². The predicted octanol–water partition coefficient (Wildman–Crippen LogP) is 3.38. The molecule has 0 unspecified atom stereocenters. The monoisotopic (exact) mass is 230 g/mol. The number of hydrogen-bond donors (Lipinski definition) is 0. The quantitative estimate of drug-likeness (QED) is 0.795. The molecule has 0 amide bonds. The number of ether oxygens (including phenoxy) is 1. The van der Waals surface area contributed by atoms with Crippen molar-refractivity contribution >= 4 is 5.78 Å². The molecule has 0 saturated heterocycles. The van der Waals surface area contributed by atoms with Crippen molar-refractivity contribution in [3.8, 4) is 5.75 Å². The molecule has 2 aliphatic carbocycles. The molecule has 17 heavy (non-hydrogen) atoms. The molecule has 3 rings (SSSR count). The van der Waals surface area contributed by atoms with Crippen LogP contribution in [0.4, 0.5) is 0 Å². The minimum atomic E-state index is 0.289. The van der Waals surface area contributed by atoms with Gasteiger partial charge in [-0.25, -0.2) is 0 Å². The smallest absolute Gasteiger partial charge is 0.163 e. The van der Waals surface area contributed by atoms with Gasteiger partial charge in [0.15, 0.2) is 5.78 Å². The molecular formula is C15H18O2. The Morgan fingerprint density at radius 1 is 1.18 bits per heavy atom. The second-order valence-corrected chi connectivity index (χ2v) is 5.20. The van der Waals surface area contributed by atoms with E-state index in [0.717, 1.165) is 36.7 Å². The lowest BCUT2D eigenvalue weighted by atomic mass is 9.86. The van der Waals surface area contributed by atoms with E-state index in [1.54, 1.807) is 0 Å². The molecule has 1 fully saturated rings. The Balaban J connectivity index is 1.71. The predicted molar refractivity (Wildman–Crippen MR) is 66.5 cm³/mol. The molecule has 1 aromatic rings. The molecule has 1 aromatic carbocycles. The van der Waals surface area contributed by atoms with E-state index in [1.807, 2.05) is 12.1 Å². The summed E-state index contributed by atoms with van der Waals surface area (Å²) in [6.07, 6.45) is 6.68. The molecule has 0 radical (unpaired) electrons. The van der Waals surface area contributed by atoms with Crippen LogP contribution in [0, 0.1) is 5.92 Å². The number of carbonyl (C=O) groups excluding carboxylic acids is 1. The highest BCUT2D eigenvalue weighted by atomic mass is 16.5. The van der Waals surface area contributed by atoms with Crippen LogP contribution < -0.4 is 4.74 Å². The lowest BCUT2D eigenvalue weighted by Crippen LogP contribution is -2.19. The molecule has 0 N–H and O–H groups in total. The summed E-state index contributed by atoms with van der Waals surface area (Å²) in [5.74, 6) is 1.98. The fraction of sp³-hybridized carbons (Fsp3) is 0.533. The van der Waals surface area contributed by atoms with Crippen molar-refractivity contribution in [2.45, 2.75) is 38.5 Å². The Morgan fingerprint density at radius 2 is 2.06 bits per heavy atom. The van der Waals surface area contributed by atoms with E-state index < -0.39 is 0 Å². The van der Waals surface area contributed by atoms with Crippen molar-refractivity contribution in [1.82, 2.24) is 0 Å². The summed E-state index contributed by atoms with van der Waals surface area (Å²) in [5.41, 5.74) is 2.08. The van der Waals surface area contributed by atoms with Gasteiger partial charge in [0.05, 0.1) is 6.61 Å². The van der Waals surface area contributed by atoms with Crippen LogP contribution >= 0.6 is 0 Å². The number of benzene rings is 1. The van der Waals surface area contributed by atoms with Crippen molar-refractivity contribution in [3.63, 3.8) is 0 Å². The van der Waals surface area contributed by atoms with Crippen LogP contribution in [0.3, 0.4) is 0 Å². The Morgan fingerprint density at radius 3 is 2.82 bits per heavy atom. The van der Waals surface area contributed by atoms with Gasteiger partial charge in [0, 0.05) is 12.0 Å². The number of carbonyl (C=O) groups is 1. The van der Waals surface area contributed by atoms with Gasteiger partial charge < -0.3 is 4.74 Å². The molecule has 2 heteroatoms. The van der Waals surface area contributed by atoms with Gasteiger partial charge in [-0.05, 0) is 55.4 Å². The van der Waals surface area contributed by atoms with Gasteiger partial charge in [-0.1, -0.05) is 6.42 Å². The van der Waals surface area contributed by atoms with E-state index in [4.69, 9.17) is 4.74 Å². The van der Waals surface area contributed by atoms with E-state index in [-0.39, 0.29) is 5.78 Å². The molecule has 2 aliphatic rings. The van der Waals surface area contributed by atoms with E-state index in [0.29, 0.717) is 6.42 Å². The summed E-state index contributed by atoms with van der Waals surface area (Å²) in [6, 6.07) is 5.94. The highest BCUT2D eigenvalue weighted by Crippen LogP contribution is 2.29. The van der Waals surface area contributed by atoms with Crippen LogP contribution in [-0.2, 0) is 6.42 Å². The fourth-order valence-electron chi connectivity index (χ4n) is 2.59. The van der Waals surface area contributed by atoms with Gasteiger partial charge in [0.1, 0.15) is 5.75 Å². The number of ketones is 1. The maximum atomic E-state index is 11.7. The van der Waals surface area contributed by atoms with Gasteiger partial charge in [-0.15, -0.1) is 0 Å². The summed E-state index contributed by atoms with van der Waals surface area (Å²) >= 11 is 0. The summed E-state index contributed by atoms with van der Waals surface area (Å²) in [4.78, 5) is 11.7. The molecule has 0 atom stereocenters. The third-order valence-electron chi connectivity index (χ3n) is 3.94. The summed E-state index contributed by atoms with van der Waals surface area (Å²) < 4.78 is 5.80. The number of Topliss-reactive ketones (excluding diaryl/α,β-unsaturated/α-hetero) is 1. The summed E-state index contributed by atoms with van der Waals surface area (Å²) in [6.45, 7) is 0.840. The lowest BCUT2D eigenvalue weighted by Gasteiger charge is -2.25. The zero-order valence-electron chi connectivity index (χ0n) is 10.1. The van der Waals surface area contributed by atoms with Crippen LogP contribution in [0.2, 0.25) is 0 Å². The second kappa shape index (κ2) is 4.52. The Kier molecular flexibility index (Phi) is 2.87.